The van der Waals surface area contributed by atoms with E-state index in [0.717, 1.165) is 33.4 Å². The molecule has 0 aromatic heterocycles. The highest BCUT2D eigenvalue weighted by atomic mass is 16.5. The average molecular weight is 495 g/mol. The Labute approximate surface area is 217 Å². The van der Waals surface area contributed by atoms with Crippen LogP contribution in [0.2, 0.25) is 0 Å². The Balaban J connectivity index is 1.88. The number of phenols is 2. The molecule has 0 saturated heterocycles. The molecule has 2 N–H and O–H groups in total. The number of methoxy groups -OCH3 is 2. The predicted molar refractivity (Wildman–Crippen MR) is 149 cm³/mol. The molecule has 188 valence electrons. The van der Waals surface area contributed by atoms with Gasteiger partial charge in [-0.05, 0) is 73.5 Å². The number of aromatic hydroxyl groups is 2. The van der Waals surface area contributed by atoms with Gasteiger partial charge in [0.25, 0.3) is 0 Å². The summed E-state index contributed by atoms with van der Waals surface area (Å²) >= 11 is 0. The molecule has 4 aromatic rings. The molecule has 0 atom stereocenters. The fourth-order valence-electron chi connectivity index (χ4n) is 3.98. The Bertz CT molecular complexity index is 1350. The molecular formula is C32H30O5. The van der Waals surface area contributed by atoms with Gasteiger partial charge in [0.1, 0.15) is 34.5 Å². The maximum absolute atomic E-state index is 10.2. The van der Waals surface area contributed by atoms with E-state index in [1.165, 1.54) is 0 Å². The van der Waals surface area contributed by atoms with Crippen molar-refractivity contribution in [2.45, 2.75) is 13.8 Å². The van der Waals surface area contributed by atoms with Crippen LogP contribution in [0.4, 0.5) is 0 Å². The lowest BCUT2D eigenvalue weighted by Crippen LogP contribution is -1.96. The molecule has 5 heteroatoms. The average Bonchev–Trinajstić information content (AvgIpc) is 2.87. The Morgan fingerprint density at radius 3 is 1.41 bits per heavy atom. The van der Waals surface area contributed by atoms with Crippen molar-refractivity contribution >= 4 is 23.7 Å². The fourth-order valence-corrected chi connectivity index (χ4v) is 3.98. The van der Waals surface area contributed by atoms with E-state index in [4.69, 9.17) is 14.2 Å². The normalized spacial score (nSPS) is 11.8. The molecule has 0 unspecified atom stereocenters. The van der Waals surface area contributed by atoms with Crippen molar-refractivity contribution in [3.05, 3.63) is 118 Å². The molecule has 5 nitrogen and oxygen atoms in total. The van der Waals surface area contributed by atoms with Crippen molar-refractivity contribution in [3.63, 3.8) is 0 Å². The van der Waals surface area contributed by atoms with Gasteiger partial charge >= 0.3 is 0 Å². The van der Waals surface area contributed by atoms with Crippen LogP contribution in [0.15, 0.2) is 84.9 Å². The second-order valence-electron chi connectivity index (χ2n) is 8.79. The van der Waals surface area contributed by atoms with E-state index in [0.29, 0.717) is 23.0 Å². The summed E-state index contributed by atoms with van der Waals surface area (Å²) in [4.78, 5) is 0. The smallest absolute Gasteiger partial charge is 0.135 e. The summed E-state index contributed by atoms with van der Waals surface area (Å²) < 4.78 is 17.3. The van der Waals surface area contributed by atoms with Crippen molar-refractivity contribution < 1.29 is 24.4 Å². The van der Waals surface area contributed by atoms with Crippen LogP contribution in [0.25, 0.3) is 23.7 Å². The summed E-state index contributed by atoms with van der Waals surface area (Å²) in [5, 5.41) is 20.4. The molecule has 0 bridgehead atoms. The van der Waals surface area contributed by atoms with Gasteiger partial charge in [-0.2, -0.15) is 0 Å². The Kier molecular flexibility index (Phi) is 7.84. The number of aryl methyl sites for hydroxylation is 2. The maximum atomic E-state index is 10.2. The molecule has 0 aliphatic rings. The SMILES string of the molecule is COc1cc(O)cc(/C=C(/O/C(=C/c2cc(O)cc(OC)c2)c2cccc(C)c2)c2cccc(C)c2)c1. The van der Waals surface area contributed by atoms with Crippen LogP contribution in [0, 0.1) is 13.8 Å². The third-order valence-corrected chi connectivity index (χ3v) is 5.72. The minimum Gasteiger partial charge on any atom is -0.508 e. The van der Waals surface area contributed by atoms with Gasteiger partial charge in [-0.3, -0.25) is 0 Å². The van der Waals surface area contributed by atoms with Crippen LogP contribution in [0.5, 0.6) is 23.0 Å². The van der Waals surface area contributed by atoms with Gasteiger partial charge in [0.2, 0.25) is 0 Å². The zero-order valence-electron chi connectivity index (χ0n) is 21.4. The maximum Gasteiger partial charge on any atom is 0.135 e. The molecular weight excluding hydrogens is 464 g/mol. The molecule has 4 aromatic carbocycles. The van der Waals surface area contributed by atoms with E-state index < -0.39 is 0 Å². The third kappa shape index (κ3) is 6.73. The fraction of sp³-hybridized carbons (Fsp3) is 0.125. The van der Waals surface area contributed by atoms with Crippen LogP contribution >= 0.6 is 0 Å². The Morgan fingerprint density at radius 2 is 1.03 bits per heavy atom. The lowest BCUT2D eigenvalue weighted by atomic mass is 10.1. The van der Waals surface area contributed by atoms with E-state index in [-0.39, 0.29) is 11.5 Å². The molecule has 0 aliphatic heterocycles. The second kappa shape index (κ2) is 11.4. The van der Waals surface area contributed by atoms with Crippen LogP contribution in [-0.4, -0.2) is 24.4 Å². The highest BCUT2D eigenvalue weighted by Gasteiger charge is 2.13. The summed E-state index contributed by atoms with van der Waals surface area (Å²) in [5.41, 5.74) is 5.34. The first-order valence-electron chi connectivity index (χ1n) is 11.8. The minimum absolute atomic E-state index is 0.0931. The van der Waals surface area contributed by atoms with Crippen molar-refractivity contribution in [2.24, 2.45) is 0 Å². The first kappa shape index (κ1) is 25.5. The first-order valence-corrected chi connectivity index (χ1v) is 11.8. The highest BCUT2D eigenvalue weighted by Crippen LogP contribution is 2.33. The number of hydrogen-bond donors (Lipinski definition) is 2. The number of ether oxygens (including phenoxy) is 3. The van der Waals surface area contributed by atoms with Crippen LogP contribution in [-0.2, 0) is 4.74 Å². The van der Waals surface area contributed by atoms with Crippen LogP contribution < -0.4 is 9.47 Å². The molecule has 4 rings (SSSR count). The zero-order chi connectivity index (χ0) is 26.4. The Hall–Kier alpha value is -4.64. The van der Waals surface area contributed by atoms with Gasteiger partial charge in [0, 0.05) is 23.3 Å². The lowest BCUT2D eigenvalue weighted by molar-refractivity contribution is 0.407. The number of rotatable bonds is 8. The minimum atomic E-state index is 0.0931. The standard InChI is InChI=1S/C32H30O5/c1-21-7-5-9-25(11-21)31(17-23-13-27(33)19-29(15-23)35-3)37-32(26-10-6-8-22(2)12-26)18-24-14-28(34)20-30(16-24)36-4/h5-20,33-34H,1-4H3/b31-17+,32-18+. The van der Waals surface area contributed by atoms with Crippen molar-refractivity contribution in [1.29, 1.82) is 0 Å². The first-order chi connectivity index (χ1) is 17.8. The van der Waals surface area contributed by atoms with Crippen LogP contribution in [0.1, 0.15) is 33.4 Å². The number of benzene rings is 4. The van der Waals surface area contributed by atoms with Gasteiger partial charge in [-0.25, -0.2) is 0 Å². The second-order valence-corrected chi connectivity index (χ2v) is 8.79. The van der Waals surface area contributed by atoms with Gasteiger partial charge in [-0.15, -0.1) is 0 Å². The summed E-state index contributed by atoms with van der Waals surface area (Å²) in [6.07, 6.45) is 3.73. The Morgan fingerprint density at radius 1 is 0.595 bits per heavy atom. The monoisotopic (exact) mass is 494 g/mol. The predicted octanol–water partition coefficient (Wildman–Crippen LogP) is 7.44. The molecule has 0 aliphatic carbocycles. The summed E-state index contributed by atoms with van der Waals surface area (Å²) in [5.74, 6) is 2.42. The summed E-state index contributed by atoms with van der Waals surface area (Å²) in [7, 11) is 3.12. The van der Waals surface area contributed by atoms with Gasteiger partial charge in [-0.1, -0.05) is 47.5 Å². The summed E-state index contributed by atoms with van der Waals surface area (Å²) in [6, 6.07) is 26.1. The van der Waals surface area contributed by atoms with Crippen molar-refractivity contribution in [2.75, 3.05) is 14.2 Å². The van der Waals surface area contributed by atoms with Crippen LogP contribution in [0.3, 0.4) is 0 Å². The molecule has 0 spiro atoms. The van der Waals surface area contributed by atoms with Gasteiger partial charge < -0.3 is 24.4 Å². The quantitative estimate of drug-likeness (QED) is 0.197. The molecule has 37 heavy (non-hydrogen) atoms. The van der Waals surface area contributed by atoms with Crippen molar-refractivity contribution in [1.82, 2.24) is 0 Å². The van der Waals surface area contributed by atoms with E-state index >= 15 is 0 Å². The summed E-state index contributed by atoms with van der Waals surface area (Å²) in [6.45, 7) is 4.05. The zero-order valence-corrected chi connectivity index (χ0v) is 21.4. The van der Waals surface area contributed by atoms with Gasteiger partial charge in [0.15, 0.2) is 0 Å². The topological polar surface area (TPSA) is 68.2 Å². The molecule has 0 radical (unpaired) electrons. The van der Waals surface area contributed by atoms with E-state index in [2.05, 4.69) is 0 Å². The number of hydrogen-bond acceptors (Lipinski definition) is 5. The van der Waals surface area contributed by atoms with E-state index in [1.807, 2.05) is 86.7 Å². The third-order valence-electron chi connectivity index (χ3n) is 5.72. The lowest BCUT2D eigenvalue weighted by Gasteiger charge is -2.16. The molecule has 0 saturated carbocycles. The van der Waals surface area contributed by atoms with E-state index in [1.54, 1.807) is 38.5 Å². The molecule has 0 heterocycles. The van der Waals surface area contributed by atoms with Gasteiger partial charge in [0.05, 0.1) is 14.2 Å². The highest BCUT2D eigenvalue weighted by molar-refractivity contribution is 5.86. The largest absolute Gasteiger partial charge is 0.508 e. The number of phenolic OH excluding ortho intramolecular Hbond substituents is 2. The molecule has 0 fully saturated rings. The van der Waals surface area contributed by atoms with Crippen molar-refractivity contribution in [3.8, 4) is 23.0 Å². The van der Waals surface area contributed by atoms with E-state index in [9.17, 15) is 10.2 Å². The molecule has 0 amide bonds.